The van der Waals surface area contributed by atoms with Gasteiger partial charge in [0.1, 0.15) is 0 Å². The standard InChI is InChI=1S/C17H21N3O/c1-2-15-9-6-10-19-16(15)12-18-13-17(21)20-11-14-7-4-3-5-8-14/h3-10,18H,2,11-13H2,1H3,(H,20,21). The van der Waals surface area contributed by atoms with Crippen LogP contribution < -0.4 is 10.6 Å². The molecule has 21 heavy (non-hydrogen) atoms. The maximum atomic E-state index is 11.8. The van der Waals surface area contributed by atoms with Crippen LogP contribution in [0.15, 0.2) is 48.7 Å². The number of carbonyl (C=O) groups excluding carboxylic acids is 1. The van der Waals surface area contributed by atoms with Crippen molar-refractivity contribution < 1.29 is 4.79 Å². The Morgan fingerprint density at radius 3 is 2.67 bits per heavy atom. The number of hydrogen-bond acceptors (Lipinski definition) is 3. The normalized spacial score (nSPS) is 10.3. The third-order valence-corrected chi connectivity index (χ3v) is 3.28. The molecule has 0 fully saturated rings. The van der Waals surface area contributed by atoms with Crippen LogP contribution in [0.25, 0.3) is 0 Å². The van der Waals surface area contributed by atoms with Crippen LogP contribution in [-0.2, 0) is 24.3 Å². The molecule has 0 aliphatic rings. The Hall–Kier alpha value is -2.20. The number of pyridine rings is 1. The highest BCUT2D eigenvalue weighted by atomic mass is 16.1. The Morgan fingerprint density at radius 2 is 1.90 bits per heavy atom. The number of benzene rings is 1. The maximum Gasteiger partial charge on any atom is 0.234 e. The van der Waals surface area contributed by atoms with E-state index in [1.807, 2.05) is 36.4 Å². The van der Waals surface area contributed by atoms with E-state index >= 15 is 0 Å². The van der Waals surface area contributed by atoms with Gasteiger partial charge in [-0.15, -0.1) is 0 Å². The summed E-state index contributed by atoms with van der Waals surface area (Å²) >= 11 is 0. The molecule has 0 saturated carbocycles. The van der Waals surface area contributed by atoms with Crippen molar-refractivity contribution in [1.82, 2.24) is 15.6 Å². The fourth-order valence-electron chi connectivity index (χ4n) is 2.11. The molecule has 0 aliphatic carbocycles. The zero-order chi connectivity index (χ0) is 14.9. The predicted octanol–water partition coefficient (Wildman–Crippen LogP) is 2.05. The molecule has 4 heteroatoms. The van der Waals surface area contributed by atoms with Gasteiger partial charge in [0, 0.05) is 19.3 Å². The van der Waals surface area contributed by atoms with Crippen molar-refractivity contribution in [1.29, 1.82) is 0 Å². The lowest BCUT2D eigenvalue weighted by atomic mass is 10.1. The van der Waals surface area contributed by atoms with E-state index < -0.39 is 0 Å². The van der Waals surface area contributed by atoms with Gasteiger partial charge in [-0.25, -0.2) is 0 Å². The zero-order valence-corrected chi connectivity index (χ0v) is 12.3. The van der Waals surface area contributed by atoms with Crippen LogP contribution in [0.4, 0.5) is 0 Å². The van der Waals surface area contributed by atoms with E-state index in [1.165, 1.54) is 5.56 Å². The van der Waals surface area contributed by atoms with Gasteiger partial charge in [-0.2, -0.15) is 0 Å². The minimum absolute atomic E-state index is 0.00664. The summed E-state index contributed by atoms with van der Waals surface area (Å²) in [7, 11) is 0. The first-order chi connectivity index (χ1) is 10.3. The smallest absolute Gasteiger partial charge is 0.234 e. The summed E-state index contributed by atoms with van der Waals surface area (Å²) in [5, 5.41) is 6.03. The van der Waals surface area contributed by atoms with Crippen molar-refractivity contribution in [3.05, 3.63) is 65.5 Å². The van der Waals surface area contributed by atoms with Crippen molar-refractivity contribution in [2.45, 2.75) is 26.4 Å². The summed E-state index contributed by atoms with van der Waals surface area (Å²) in [5.74, 6) is -0.00664. The summed E-state index contributed by atoms with van der Waals surface area (Å²) in [6, 6.07) is 13.9. The number of aryl methyl sites for hydroxylation is 1. The van der Waals surface area contributed by atoms with Gasteiger partial charge in [0.25, 0.3) is 0 Å². The molecule has 2 rings (SSSR count). The third kappa shape index (κ3) is 5.00. The van der Waals surface area contributed by atoms with Crippen molar-refractivity contribution in [3.63, 3.8) is 0 Å². The first-order valence-corrected chi connectivity index (χ1v) is 7.23. The number of nitrogens with one attached hydrogen (secondary N) is 2. The monoisotopic (exact) mass is 283 g/mol. The molecule has 4 nitrogen and oxygen atoms in total. The quantitative estimate of drug-likeness (QED) is 0.817. The van der Waals surface area contributed by atoms with Crippen LogP contribution in [0.5, 0.6) is 0 Å². The number of carbonyl (C=O) groups is 1. The highest BCUT2D eigenvalue weighted by Crippen LogP contribution is 2.05. The molecule has 1 heterocycles. The number of aromatic nitrogens is 1. The minimum atomic E-state index is -0.00664. The number of nitrogens with zero attached hydrogens (tertiary/aromatic N) is 1. The topological polar surface area (TPSA) is 54.0 Å². The second-order valence-electron chi connectivity index (χ2n) is 4.83. The molecule has 1 aromatic heterocycles. The van der Waals surface area contributed by atoms with Crippen molar-refractivity contribution in [2.24, 2.45) is 0 Å². The lowest BCUT2D eigenvalue weighted by Gasteiger charge is -2.09. The second-order valence-corrected chi connectivity index (χ2v) is 4.83. The second kappa shape index (κ2) is 8.17. The molecule has 0 spiro atoms. The van der Waals surface area contributed by atoms with Crippen LogP contribution in [-0.4, -0.2) is 17.4 Å². The van der Waals surface area contributed by atoms with Gasteiger partial charge < -0.3 is 10.6 Å². The summed E-state index contributed by atoms with van der Waals surface area (Å²) in [4.78, 5) is 16.1. The van der Waals surface area contributed by atoms with E-state index in [-0.39, 0.29) is 5.91 Å². The molecule has 2 aromatic rings. The maximum absolute atomic E-state index is 11.8. The van der Waals surface area contributed by atoms with Gasteiger partial charge in [0.05, 0.1) is 12.2 Å². The van der Waals surface area contributed by atoms with E-state index in [0.29, 0.717) is 19.6 Å². The lowest BCUT2D eigenvalue weighted by Crippen LogP contribution is -2.33. The molecule has 0 radical (unpaired) electrons. The minimum Gasteiger partial charge on any atom is -0.351 e. The van der Waals surface area contributed by atoms with E-state index in [9.17, 15) is 4.79 Å². The molecule has 0 unspecified atom stereocenters. The predicted molar refractivity (Wildman–Crippen MR) is 83.6 cm³/mol. The van der Waals surface area contributed by atoms with Gasteiger partial charge in [-0.1, -0.05) is 43.3 Å². The summed E-state index contributed by atoms with van der Waals surface area (Å²) in [6.07, 6.45) is 2.73. The first-order valence-electron chi connectivity index (χ1n) is 7.23. The summed E-state index contributed by atoms with van der Waals surface area (Å²) in [5.41, 5.74) is 3.33. The van der Waals surface area contributed by atoms with E-state index in [1.54, 1.807) is 6.20 Å². The Labute approximate surface area is 125 Å². The fourth-order valence-corrected chi connectivity index (χ4v) is 2.11. The van der Waals surface area contributed by atoms with Crippen LogP contribution in [0.3, 0.4) is 0 Å². The van der Waals surface area contributed by atoms with Crippen molar-refractivity contribution >= 4 is 5.91 Å². The van der Waals surface area contributed by atoms with Gasteiger partial charge in [0.15, 0.2) is 0 Å². The largest absolute Gasteiger partial charge is 0.351 e. The van der Waals surface area contributed by atoms with Crippen molar-refractivity contribution in [2.75, 3.05) is 6.54 Å². The van der Waals surface area contributed by atoms with Crippen LogP contribution >= 0.6 is 0 Å². The number of amides is 1. The Balaban J connectivity index is 1.72. The lowest BCUT2D eigenvalue weighted by molar-refractivity contribution is -0.120. The molecule has 1 aromatic carbocycles. The molecule has 110 valence electrons. The molecule has 0 atom stereocenters. The zero-order valence-electron chi connectivity index (χ0n) is 12.3. The summed E-state index contributed by atoms with van der Waals surface area (Å²) in [6.45, 7) is 3.58. The molecule has 0 aliphatic heterocycles. The van der Waals surface area contributed by atoms with Crippen LogP contribution in [0.2, 0.25) is 0 Å². The van der Waals surface area contributed by atoms with E-state index in [4.69, 9.17) is 0 Å². The Morgan fingerprint density at radius 1 is 1.10 bits per heavy atom. The molecule has 2 N–H and O–H groups in total. The Kier molecular flexibility index (Phi) is 5.91. The average Bonchev–Trinajstić information content (AvgIpc) is 2.54. The molecule has 0 bridgehead atoms. The van der Waals surface area contributed by atoms with E-state index in [0.717, 1.165) is 17.7 Å². The average molecular weight is 283 g/mol. The number of rotatable bonds is 7. The SMILES string of the molecule is CCc1cccnc1CNCC(=O)NCc1ccccc1. The highest BCUT2D eigenvalue weighted by Gasteiger charge is 2.04. The first kappa shape index (κ1) is 15.2. The van der Waals surface area contributed by atoms with E-state index in [2.05, 4.69) is 28.6 Å². The van der Waals surface area contributed by atoms with Gasteiger partial charge in [0.2, 0.25) is 5.91 Å². The number of hydrogen-bond donors (Lipinski definition) is 2. The fraction of sp³-hybridized carbons (Fsp3) is 0.294. The van der Waals surface area contributed by atoms with Gasteiger partial charge in [-0.05, 0) is 23.6 Å². The van der Waals surface area contributed by atoms with Crippen LogP contribution in [0, 0.1) is 0 Å². The molecule has 1 amide bonds. The van der Waals surface area contributed by atoms with Gasteiger partial charge in [-0.3, -0.25) is 9.78 Å². The summed E-state index contributed by atoms with van der Waals surface area (Å²) < 4.78 is 0. The molecule has 0 saturated heterocycles. The van der Waals surface area contributed by atoms with Crippen LogP contribution in [0.1, 0.15) is 23.7 Å². The molecular weight excluding hydrogens is 262 g/mol. The third-order valence-electron chi connectivity index (χ3n) is 3.28. The molecular formula is C17H21N3O. The Bertz CT molecular complexity index is 569. The highest BCUT2D eigenvalue weighted by molar-refractivity contribution is 5.77. The van der Waals surface area contributed by atoms with Gasteiger partial charge >= 0.3 is 0 Å². The van der Waals surface area contributed by atoms with Crippen molar-refractivity contribution in [3.8, 4) is 0 Å².